The Morgan fingerprint density at radius 2 is 1.62 bits per heavy atom. The lowest BCUT2D eigenvalue weighted by Gasteiger charge is -2.57. The number of rotatable bonds is 2. The third-order valence-corrected chi connectivity index (χ3v) is 3.40. The Morgan fingerprint density at radius 3 is 1.85 bits per heavy atom. The van der Waals surface area contributed by atoms with Gasteiger partial charge in [-0.25, -0.2) is 0 Å². The normalized spacial score (nSPS) is 40.6. The minimum Gasteiger partial charge on any atom is -0.343 e. The predicted molar refractivity (Wildman–Crippen MR) is 48.5 cm³/mol. The largest absolute Gasteiger partial charge is 0.343 e. The Hall–Kier alpha value is -0.160. The van der Waals surface area contributed by atoms with Gasteiger partial charge in [0.05, 0.1) is 5.41 Å². The molecule has 78 valence electrons. The summed E-state index contributed by atoms with van der Waals surface area (Å²) < 4.78 is 0. The monoisotopic (exact) mass is 189 g/mol. The summed E-state index contributed by atoms with van der Waals surface area (Å²) in [5.74, 6) is -2.33. The fourth-order valence-corrected chi connectivity index (χ4v) is 2.05. The highest BCUT2D eigenvalue weighted by atomic mass is 16.7. The third-order valence-electron chi connectivity index (χ3n) is 3.40. The van der Waals surface area contributed by atoms with Gasteiger partial charge >= 0.3 is 0 Å². The van der Waals surface area contributed by atoms with E-state index in [0.717, 1.165) is 0 Å². The van der Waals surface area contributed by atoms with Gasteiger partial charge in [0.25, 0.3) is 5.97 Å². The smallest absolute Gasteiger partial charge is 0.281 e. The van der Waals surface area contributed by atoms with Crippen molar-refractivity contribution in [3.8, 4) is 0 Å². The molecule has 1 aliphatic carbocycles. The number of hydrogen-bond acceptors (Lipinski definition) is 4. The van der Waals surface area contributed by atoms with Gasteiger partial charge in [-0.15, -0.1) is 0 Å². The number of aliphatic hydroxyl groups is 3. The van der Waals surface area contributed by atoms with Crippen molar-refractivity contribution in [2.75, 3.05) is 0 Å². The van der Waals surface area contributed by atoms with Crippen LogP contribution in [0.5, 0.6) is 0 Å². The Morgan fingerprint density at radius 1 is 1.23 bits per heavy atom. The Balaban J connectivity index is 2.67. The first kappa shape index (κ1) is 10.9. The molecule has 0 saturated heterocycles. The van der Waals surface area contributed by atoms with Crippen LogP contribution in [-0.2, 0) is 0 Å². The predicted octanol–water partition coefficient (Wildman–Crippen LogP) is -0.229. The first-order chi connectivity index (χ1) is 5.61. The van der Waals surface area contributed by atoms with Gasteiger partial charge in [-0.3, -0.25) is 0 Å². The van der Waals surface area contributed by atoms with E-state index in [1.54, 1.807) is 6.92 Å². The zero-order valence-electron chi connectivity index (χ0n) is 8.41. The van der Waals surface area contributed by atoms with Crippen molar-refractivity contribution in [2.24, 2.45) is 17.1 Å². The Bertz CT molecular complexity index is 201. The minimum atomic E-state index is -2.61. The van der Waals surface area contributed by atoms with Crippen molar-refractivity contribution < 1.29 is 15.3 Å². The summed E-state index contributed by atoms with van der Waals surface area (Å²) in [5, 5.41) is 27.2. The molecule has 4 heteroatoms. The summed E-state index contributed by atoms with van der Waals surface area (Å²) in [5.41, 5.74) is 4.73. The van der Waals surface area contributed by atoms with Crippen LogP contribution < -0.4 is 5.73 Å². The molecule has 0 heterocycles. The van der Waals surface area contributed by atoms with Gasteiger partial charge in [-0.2, -0.15) is 0 Å². The van der Waals surface area contributed by atoms with Gasteiger partial charge in [0.2, 0.25) is 0 Å². The summed E-state index contributed by atoms with van der Waals surface area (Å²) >= 11 is 0. The molecular formula is C9H19NO3. The second-order valence-electron chi connectivity index (χ2n) is 4.94. The zero-order valence-corrected chi connectivity index (χ0v) is 8.41. The van der Waals surface area contributed by atoms with Crippen LogP contribution in [0.4, 0.5) is 0 Å². The molecule has 1 aliphatic rings. The second kappa shape index (κ2) is 2.67. The van der Waals surface area contributed by atoms with Crippen LogP contribution >= 0.6 is 0 Å². The summed E-state index contributed by atoms with van der Waals surface area (Å²) in [6, 6.07) is 0. The molecule has 1 saturated carbocycles. The van der Waals surface area contributed by atoms with Crippen LogP contribution in [0, 0.1) is 11.3 Å². The van der Waals surface area contributed by atoms with Crippen LogP contribution in [0.25, 0.3) is 0 Å². The minimum absolute atomic E-state index is 0.280. The average Bonchev–Trinajstić information content (AvgIpc) is 1.81. The van der Waals surface area contributed by atoms with Gasteiger partial charge < -0.3 is 21.1 Å². The quantitative estimate of drug-likeness (QED) is 0.452. The maximum Gasteiger partial charge on any atom is 0.281 e. The molecule has 4 nitrogen and oxygen atoms in total. The van der Waals surface area contributed by atoms with E-state index >= 15 is 0 Å². The van der Waals surface area contributed by atoms with Crippen LogP contribution in [0.2, 0.25) is 0 Å². The number of nitrogens with two attached hydrogens (primary N) is 1. The van der Waals surface area contributed by atoms with E-state index < -0.39 is 11.4 Å². The first-order valence-corrected chi connectivity index (χ1v) is 4.57. The summed E-state index contributed by atoms with van der Waals surface area (Å²) in [6.45, 7) is 5.61. The molecule has 0 atom stereocenters. The molecule has 0 spiro atoms. The van der Waals surface area contributed by atoms with Crippen molar-refractivity contribution in [1.29, 1.82) is 0 Å². The molecule has 0 amide bonds. The van der Waals surface area contributed by atoms with E-state index in [4.69, 9.17) is 21.1 Å². The summed E-state index contributed by atoms with van der Waals surface area (Å²) in [7, 11) is 0. The van der Waals surface area contributed by atoms with Gasteiger partial charge in [0, 0.05) is 5.54 Å². The topological polar surface area (TPSA) is 86.7 Å². The van der Waals surface area contributed by atoms with Crippen LogP contribution in [0.15, 0.2) is 0 Å². The fourth-order valence-electron chi connectivity index (χ4n) is 2.05. The highest BCUT2D eigenvalue weighted by Crippen LogP contribution is 2.54. The molecule has 5 N–H and O–H groups in total. The molecule has 0 aliphatic heterocycles. The highest BCUT2D eigenvalue weighted by Gasteiger charge is 2.60. The Kier molecular flexibility index (Phi) is 2.24. The maximum absolute atomic E-state index is 9.07. The van der Waals surface area contributed by atoms with E-state index in [2.05, 4.69) is 0 Å². The van der Waals surface area contributed by atoms with Crippen molar-refractivity contribution in [3.05, 3.63) is 0 Å². The summed E-state index contributed by atoms with van der Waals surface area (Å²) in [6.07, 6.45) is 0.863. The molecule has 0 unspecified atom stereocenters. The van der Waals surface area contributed by atoms with E-state index in [-0.39, 0.29) is 11.5 Å². The molecule has 0 aromatic carbocycles. The van der Waals surface area contributed by atoms with E-state index in [9.17, 15) is 0 Å². The van der Waals surface area contributed by atoms with Gasteiger partial charge in [-0.05, 0) is 18.8 Å². The van der Waals surface area contributed by atoms with Crippen molar-refractivity contribution in [2.45, 2.75) is 45.1 Å². The molecule has 0 aromatic heterocycles. The number of hydrogen-bond donors (Lipinski definition) is 4. The molecule has 13 heavy (non-hydrogen) atoms. The second-order valence-corrected chi connectivity index (χ2v) is 4.94. The highest BCUT2D eigenvalue weighted by molar-refractivity contribution is 5.09. The molecule has 0 aromatic rings. The Labute approximate surface area is 78.4 Å². The lowest BCUT2D eigenvalue weighted by molar-refractivity contribution is -0.395. The first-order valence-electron chi connectivity index (χ1n) is 4.57. The third kappa shape index (κ3) is 1.59. The van der Waals surface area contributed by atoms with E-state index in [1.807, 2.05) is 13.8 Å². The van der Waals surface area contributed by atoms with Crippen LogP contribution in [-0.4, -0.2) is 26.8 Å². The standard InChI is InChI=1S/C9H19NO3/c1-6(2)8(10)4-7(3,5-8)9(11,12)13/h6,11-13H,4-5,10H2,1-3H3. The van der Waals surface area contributed by atoms with Gasteiger partial charge in [0.1, 0.15) is 0 Å². The fraction of sp³-hybridized carbons (Fsp3) is 1.00. The zero-order chi connectivity index (χ0) is 10.5. The van der Waals surface area contributed by atoms with Crippen molar-refractivity contribution in [3.63, 3.8) is 0 Å². The van der Waals surface area contributed by atoms with Gasteiger partial charge in [-0.1, -0.05) is 20.8 Å². The average molecular weight is 189 g/mol. The van der Waals surface area contributed by atoms with Crippen molar-refractivity contribution in [1.82, 2.24) is 0 Å². The van der Waals surface area contributed by atoms with Crippen LogP contribution in [0.1, 0.15) is 33.6 Å². The lowest BCUT2D eigenvalue weighted by atomic mass is 9.54. The molecular weight excluding hydrogens is 170 g/mol. The van der Waals surface area contributed by atoms with E-state index in [1.165, 1.54) is 0 Å². The molecule has 0 radical (unpaired) electrons. The van der Waals surface area contributed by atoms with Crippen molar-refractivity contribution >= 4 is 0 Å². The van der Waals surface area contributed by atoms with E-state index in [0.29, 0.717) is 12.8 Å². The maximum atomic E-state index is 9.07. The SMILES string of the molecule is CC(C)C1(N)CC(C)(C(O)(O)O)C1. The molecule has 1 rings (SSSR count). The molecule has 1 fully saturated rings. The lowest BCUT2D eigenvalue weighted by Crippen LogP contribution is -2.67. The summed E-state index contributed by atoms with van der Waals surface area (Å²) in [4.78, 5) is 0. The van der Waals surface area contributed by atoms with Crippen LogP contribution in [0.3, 0.4) is 0 Å². The van der Waals surface area contributed by atoms with Gasteiger partial charge in [0.15, 0.2) is 0 Å². The molecule has 0 bridgehead atoms.